The molecule has 1 N–H and O–H groups in total. The summed E-state index contributed by atoms with van der Waals surface area (Å²) >= 11 is 0. The summed E-state index contributed by atoms with van der Waals surface area (Å²) in [7, 11) is -2.21. The number of unbranched alkanes of at least 4 members (excludes halogenated alkanes) is 1. The van der Waals surface area contributed by atoms with Gasteiger partial charge in [0, 0.05) is 18.7 Å². The van der Waals surface area contributed by atoms with E-state index in [9.17, 15) is 13.2 Å². The molecule has 0 aliphatic carbocycles. The van der Waals surface area contributed by atoms with Crippen LogP contribution in [0, 0.1) is 0 Å². The second-order valence-corrected chi connectivity index (χ2v) is 8.73. The molecule has 1 aliphatic heterocycles. The van der Waals surface area contributed by atoms with Crippen molar-refractivity contribution in [1.82, 2.24) is 5.32 Å². The van der Waals surface area contributed by atoms with Gasteiger partial charge in [-0.15, -0.1) is 4.40 Å². The molecule has 0 atom stereocenters. The van der Waals surface area contributed by atoms with E-state index in [0.29, 0.717) is 36.6 Å². The van der Waals surface area contributed by atoms with Gasteiger partial charge in [-0.2, -0.15) is 8.42 Å². The third-order valence-electron chi connectivity index (χ3n) is 5.03. The van der Waals surface area contributed by atoms with Crippen molar-refractivity contribution in [2.45, 2.75) is 38.0 Å². The lowest BCUT2D eigenvalue weighted by Crippen LogP contribution is -2.35. The Morgan fingerprint density at radius 1 is 1.17 bits per heavy atom. The average Bonchev–Trinajstić information content (AvgIpc) is 2.73. The third kappa shape index (κ3) is 4.81. The van der Waals surface area contributed by atoms with E-state index in [1.807, 2.05) is 29.2 Å². The van der Waals surface area contributed by atoms with Crippen LogP contribution in [0.15, 0.2) is 51.8 Å². The van der Waals surface area contributed by atoms with Gasteiger partial charge in [-0.1, -0.05) is 25.5 Å². The minimum Gasteiger partial charge on any atom is -0.497 e. The van der Waals surface area contributed by atoms with Crippen molar-refractivity contribution in [2.24, 2.45) is 4.40 Å². The Bertz CT molecular complexity index is 1050. The number of benzene rings is 2. The molecule has 0 spiro atoms. The predicted molar refractivity (Wildman–Crippen MR) is 118 cm³/mol. The number of hydrogen-bond donors (Lipinski definition) is 1. The number of sulfonamides is 1. The Morgan fingerprint density at radius 3 is 2.57 bits per heavy atom. The third-order valence-corrected chi connectivity index (χ3v) is 6.41. The molecule has 0 unspecified atom stereocenters. The normalized spacial score (nSPS) is 14.6. The van der Waals surface area contributed by atoms with Crippen molar-refractivity contribution in [3.8, 4) is 5.75 Å². The standard InChI is InChI=1S/C22H27N3O4S/c1-4-5-14-25-16(2)24-30(27,28)21-15-18(8-11-20(21)25)22(26)23-13-12-17-6-9-19(29-3)10-7-17/h6-11,15H,4-5,12-14H2,1-3H3,(H,23,26). The van der Waals surface area contributed by atoms with Crippen LogP contribution in [0.1, 0.15) is 42.6 Å². The molecule has 1 amide bonds. The molecule has 30 heavy (non-hydrogen) atoms. The smallest absolute Gasteiger partial charge is 0.286 e. The second kappa shape index (κ2) is 9.30. The maximum atomic E-state index is 12.6. The molecule has 7 nitrogen and oxygen atoms in total. The Hall–Kier alpha value is -2.87. The molecule has 1 aliphatic rings. The number of ether oxygens (including phenoxy) is 1. The number of methoxy groups -OCH3 is 1. The zero-order valence-corrected chi connectivity index (χ0v) is 18.3. The fourth-order valence-corrected chi connectivity index (χ4v) is 4.61. The second-order valence-electron chi connectivity index (χ2n) is 7.16. The summed E-state index contributed by atoms with van der Waals surface area (Å²) in [5.41, 5.74) is 1.95. The van der Waals surface area contributed by atoms with Gasteiger partial charge in [-0.25, -0.2) is 0 Å². The summed E-state index contributed by atoms with van der Waals surface area (Å²) in [6.45, 7) is 4.89. The maximum Gasteiger partial charge on any atom is 0.286 e. The van der Waals surface area contributed by atoms with Crippen LogP contribution in [-0.2, 0) is 16.4 Å². The highest BCUT2D eigenvalue weighted by atomic mass is 32.2. The summed E-state index contributed by atoms with van der Waals surface area (Å²) in [6, 6.07) is 12.4. The van der Waals surface area contributed by atoms with Crippen molar-refractivity contribution >= 4 is 27.5 Å². The van der Waals surface area contributed by atoms with Crippen LogP contribution in [0.3, 0.4) is 0 Å². The van der Waals surface area contributed by atoms with Gasteiger partial charge < -0.3 is 15.0 Å². The quantitative estimate of drug-likeness (QED) is 0.695. The molecule has 8 heteroatoms. The minimum absolute atomic E-state index is 0.0759. The molecule has 0 radical (unpaired) electrons. The van der Waals surface area contributed by atoms with E-state index in [-0.39, 0.29) is 10.8 Å². The fourth-order valence-electron chi connectivity index (χ4n) is 3.34. The van der Waals surface area contributed by atoms with Gasteiger partial charge in [0.25, 0.3) is 15.9 Å². The first-order chi connectivity index (χ1) is 14.4. The van der Waals surface area contributed by atoms with Gasteiger partial charge in [0.1, 0.15) is 16.5 Å². The molecule has 0 aromatic heterocycles. The van der Waals surface area contributed by atoms with Crippen molar-refractivity contribution in [1.29, 1.82) is 0 Å². The molecule has 2 aromatic rings. The summed E-state index contributed by atoms with van der Waals surface area (Å²) in [5.74, 6) is 0.921. The first-order valence-electron chi connectivity index (χ1n) is 10.00. The molecule has 1 heterocycles. The first-order valence-corrected chi connectivity index (χ1v) is 11.4. The number of anilines is 1. The van der Waals surface area contributed by atoms with Crippen LogP contribution < -0.4 is 15.0 Å². The Kier molecular flexibility index (Phi) is 6.77. The minimum atomic E-state index is -3.82. The van der Waals surface area contributed by atoms with Crippen LogP contribution >= 0.6 is 0 Å². The number of amidine groups is 1. The number of fused-ring (bicyclic) bond motifs is 1. The van der Waals surface area contributed by atoms with Gasteiger partial charge in [0.05, 0.1) is 12.8 Å². The van der Waals surface area contributed by atoms with Gasteiger partial charge >= 0.3 is 0 Å². The highest BCUT2D eigenvalue weighted by molar-refractivity contribution is 7.90. The van der Waals surface area contributed by atoms with E-state index < -0.39 is 10.0 Å². The summed E-state index contributed by atoms with van der Waals surface area (Å²) in [4.78, 5) is 14.5. The van der Waals surface area contributed by atoms with E-state index in [4.69, 9.17) is 4.74 Å². The van der Waals surface area contributed by atoms with E-state index in [1.165, 1.54) is 6.07 Å². The number of carbonyl (C=O) groups excluding carboxylic acids is 1. The monoisotopic (exact) mass is 429 g/mol. The van der Waals surface area contributed by atoms with E-state index in [1.54, 1.807) is 26.2 Å². The Morgan fingerprint density at radius 2 is 1.90 bits per heavy atom. The first kappa shape index (κ1) is 21.8. The molecule has 2 aromatic carbocycles. The van der Waals surface area contributed by atoms with E-state index in [0.717, 1.165) is 24.2 Å². The molecule has 0 fully saturated rings. The number of rotatable bonds is 8. The number of nitrogens with one attached hydrogen (secondary N) is 1. The Labute approximate surface area is 177 Å². The molecule has 160 valence electrons. The Balaban J connectivity index is 1.72. The summed E-state index contributed by atoms with van der Waals surface area (Å²) < 4.78 is 34.2. The van der Waals surface area contributed by atoms with Crippen LogP contribution in [0.5, 0.6) is 5.75 Å². The molecule has 0 saturated heterocycles. The number of carbonyl (C=O) groups is 1. The largest absolute Gasteiger partial charge is 0.497 e. The van der Waals surface area contributed by atoms with E-state index >= 15 is 0 Å². The highest BCUT2D eigenvalue weighted by Crippen LogP contribution is 2.32. The topological polar surface area (TPSA) is 88.1 Å². The van der Waals surface area contributed by atoms with Crippen LogP contribution in [-0.4, -0.2) is 40.4 Å². The predicted octanol–water partition coefficient (Wildman–Crippen LogP) is 3.39. The zero-order valence-electron chi connectivity index (χ0n) is 17.5. The lowest BCUT2D eigenvalue weighted by Gasteiger charge is -2.29. The van der Waals surface area contributed by atoms with Gasteiger partial charge in [0.2, 0.25) is 0 Å². The van der Waals surface area contributed by atoms with Gasteiger partial charge in [0.15, 0.2) is 0 Å². The maximum absolute atomic E-state index is 12.6. The molecule has 0 bridgehead atoms. The SMILES string of the molecule is CCCCN1C(C)=NS(=O)(=O)c2cc(C(=O)NCCc3ccc(OC)cc3)ccc21. The van der Waals surface area contributed by atoms with Crippen molar-refractivity contribution in [3.63, 3.8) is 0 Å². The van der Waals surface area contributed by atoms with Crippen molar-refractivity contribution < 1.29 is 17.9 Å². The summed E-state index contributed by atoms with van der Waals surface area (Å²) in [5, 5.41) is 2.85. The van der Waals surface area contributed by atoms with Crippen LogP contribution in [0.25, 0.3) is 0 Å². The molecular weight excluding hydrogens is 402 g/mol. The van der Waals surface area contributed by atoms with Crippen molar-refractivity contribution in [2.75, 3.05) is 25.1 Å². The zero-order chi connectivity index (χ0) is 21.7. The van der Waals surface area contributed by atoms with Crippen LogP contribution in [0.2, 0.25) is 0 Å². The van der Waals surface area contributed by atoms with Gasteiger partial charge in [-0.3, -0.25) is 4.79 Å². The number of amides is 1. The number of hydrogen-bond acceptors (Lipinski definition) is 5. The fraction of sp³-hybridized carbons (Fsp3) is 0.364. The van der Waals surface area contributed by atoms with Crippen LogP contribution in [0.4, 0.5) is 5.69 Å². The highest BCUT2D eigenvalue weighted by Gasteiger charge is 2.29. The average molecular weight is 430 g/mol. The molecule has 3 rings (SSSR count). The van der Waals surface area contributed by atoms with Crippen molar-refractivity contribution in [3.05, 3.63) is 53.6 Å². The lowest BCUT2D eigenvalue weighted by molar-refractivity contribution is 0.0954. The molecule has 0 saturated carbocycles. The van der Waals surface area contributed by atoms with Gasteiger partial charge in [-0.05, 0) is 55.7 Å². The summed E-state index contributed by atoms with van der Waals surface area (Å²) in [6.07, 6.45) is 2.56. The van der Waals surface area contributed by atoms with E-state index in [2.05, 4.69) is 16.6 Å². The number of nitrogens with zero attached hydrogens (tertiary/aromatic N) is 2. The lowest BCUT2D eigenvalue weighted by atomic mass is 10.1. The molecular formula is C22H27N3O4S.